The number of nitrogens with two attached hydrogens (primary N) is 1. The molecule has 6 rings (SSSR count). The average molecular weight is 440 g/mol. The van der Waals surface area contributed by atoms with Crippen LogP contribution in [0.4, 0.5) is 5.82 Å². The molecule has 7 nitrogen and oxygen atoms in total. The highest BCUT2D eigenvalue weighted by atomic mass is 16.2. The zero-order chi connectivity index (χ0) is 22.6. The Morgan fingerprint density at radius 3 is 2.73 bits per heavy atom. The number of hydrogen-bond donors (Lipinski definition) is 3. The third-order valence-corrected chi connectivity index (χ3v) is 7.39. The fourth-order valence-electron chi connectivity index (χ4n) is 5.84. The van der Waals surface area contributed by atoms with Gasteiger partial charge in [0.05, 0.1) is 21.9 Å². The minimum absolute atomic E-state index is 0.109. The van der Waals surface area contributed by atoms with Gasteiger partial charge in [0.2, 0.25) is 5.91 Å². The van der Waals surface area contributed by atoms with Gasteiger partial charge in [-0.3, -0.25) is 9.59 Å². The Bertz CT molecular complexity index is 1400. The molecule has 4 heterocycles. The van der Waals surface area contributed by atoms with Gasteiger partial charge >= 0.3 is 0 Å². The summed E-state index contributed by atoms with van der Waals surface area (Å²) in [6.07, 6.45) is 3.28. The largest absolute Gasteiger partial charge is 0.365 e. The van der Waals surface area contributed by atoms with Gasteiger partial charge in [-0.05, 0) is 24.5 Å². The molecule has 33 heavy (non-hydrogen) atoms. The fraction of sp³-hybridized carbons (Fsp3) is 0.269. The van der Waals surface area contributed by atoms with Crippen molar-refractivity contribution < 1.29 is 9.59 Å². The molecule has 166 valence electrons. The zero-order valence-corrected chi connectivity index (χ0v) is 18.2. The topological polar surface area (TPSA) is 104 Å². The van der Waals surface area contributed by atoms with Gasteiger partial charge in [0.1, 0.15) is 5.82 Å². The van der Waals surface area contributed by atoms with Crippen molar-refractivity contribution in [3.63, 3.8) is 0 Å². The van der Waals surface area contributed by atoms with E-state index in [4.69, 9.17) is 10.7 Å². The number of amides is 2. The number of anilines is 1. The van der Waals surface area contributed by atoms with Gasteiger partial charge in [-0.25, -0.2) is 4.98 Å². The van der Waals surface area contributed by atoms with Gasteiger partial charge < -0.3 is 20.9 Å². The van der Waals surface area contributed by atoms with Crippen molar-refractivity contribution in [3.8, 4) is 0 Å². The zero-order valence-electron chi connectivity index (χ0n) is 18.2. The number of rotatable bonds is 3. The van der Waals surface area contributed by atoms with Crippen LogP contribution in [0, 0.1) is 5.41 Å². The van der Waals surface area contributed by atoms with Crippen LogP contribution in [0.2, 0.25) is 0 Å². The number of primary amides is 1. The molecule has 4 N–H and O–H groups in total. The normalized spacial score (nSPS) is 22.8. The predicted molar refractivity (Wildman–Crippen MR) is 128 cm³/mol. The molecule has 0 aliphatic carbocycles. The summed E-state index contributed by atoms with van der Waals surface area (Å²) in [6, 6.07) is 18.2. The van der Waals surface area contributed by atoms with E-state index >= 15 is 0 Å². The summed E-state index contributed by atoms with van der Waals surface area (Å²) in [5, 5.41) is 5.01. The molecule has 4 aromatic rings. The third kappa shape index (κ3) is 2.92. The Morgan fingerprint density at radius 1 is 1.12 bits per heavy atom. The van der Waals surface area contributed by atoms with E-state index in [1.54, 1.807) is 6.20 Å². The van der Waals surface area contributed by atoms with Crippen LogP contribution in [0.5, 0.6) is 0 Å². The number of aromatic amines is 1. The van der Waals surface area contributed by atoms with Gasteiger partial charge in [0.25, 0.3) is 5.91 Å². The molecule has 2 saturated heterocycles. The predicted octanol–water partition coefficient (Wildman–Crippen LogP) is 3.32. The maximum absolute atomic E-state index is 13.3. The van der Waals surface area contributed by atoms with E-state index in [9.17, 15) is 9.59 Å². The summed E-state index contributed by atoms with van der Waals surface area (Å²) < 4.78 is 0. The monoisotopic (exact) mass is 439 g/mol. The second kappa shape index (κ2) is 7.33. The molecule has 2 amide bonds. The number of H-pyrrole nitrogens is 1. The van der Waals surface area contributed by atoms with E-state index < -0.39 is 11.3 Å². The highest BCUT2D eigenvalue weighted by Gasteiger charge is 2.53. The molecular formula is C26H25N5O2. The number of fused-ring (bicyclic) bond motifs is 3. The Balaban J connectivity index is 1.49. The van der Waals surface area contributed by atoms with Crippen molar-refractivity contribution in [2.75, 3.05) is 24.5 Å². The molecule has 2 aliphatic heterocycles. The fourth-order valence-corrected chi connectivity index (χ4v) is 5.84. The summed E-state index contributed by atoms with van der Waals surface area (Å²) in [6.45, 7) is 2.03. The Morgan fingerprint density at radius 2 is 1.91 bits per heavy atom. The molecule has 1 spiro atoms. The number of piperidine rings is 1. The van der Waals surface area contributed by atoms with Crippen molar-refractivity contribution in [1.29, 1.82) is 0 Å². The lowest BCUT2D eigenvalue weighted by Gasteiger charge is -2.42. The smallest absolute Gasteiger partial charge is 0.252 e. The molecule has 2 aliphatic rings. The molecule has 0 unspecified atom stereocenters. The Kier molecular flexibility index (Phi) is 4.40. The molecule has 2 atom stereocenters. The van der Waals surface area contributed by atoms with E-state index in [0.717, 1.165) is 41.5 Å². The standard InChI is InChI=1S/C26H25N5O2/c27-23(32)18-13-28-24(21-17-9-4-5-10-20(17)30-22(18)21)31-12-6-11-26(15-31)19(14-29-25(26)33)16-7-2-1-3-8-16/h1-5,7-10,13,19,30H,6,11-12,14-15H2,(H2,27,32)(H,29,33)/t19-,26-/m1/s1. The average Bonchev–Trinajstić information content (AvgIpc) is 3.37. The van der Waals surface area contributed by atoms with Crippen molar-refractivity contribution in [2.45, 2.75) is 18.8 Å². The van der Waals surface area contributed by atoms with E-state index in [1.807, 2.05) is 42.5 Å². The Labute approximate surface area is 191 Å². The second-order valence-electron chi connectivity index (χ2n) is 9.13. The van der Waals surface area contributed by atoms with Crippen LogP contribution in [-0.2, 0) is 4.79 Å². The minimum Gasteiger partial charge on any atom is -0.365 e. The SMILES string of the molecule is NC(=O)c1cnc(N2CCC[C@]3(C2)C(=O)NC[C@@H]3c2ccccc2)c2c1[nH]c1ccccc12. The molecular weight excluding hydrogens is 414 g/mol. The molecule has 2 aromatic carbocycles. The summed E-state index contributed by atoms with van der Waals surface area (Å²) in [5.74, 6) is 0.500. The first-order valence-corrected chi connectivity index (χ1v) is 11.4. The number of pyridine rings is 1. The number of para-hydroxylation sites is 1. The number of carbonyl (C=O) groups excluding carboxylic acids is 2. The molecule has 0 radical (unpaired) electrons. The first-order chi connectivity index (χ1) is 16.1. The van der Waals surface area contributed by atoms with Gasteiger partial charge in [0.15, 0.2) is 0 Å². The van der Waals surface area contributed by atoms with Crippen molar-refractivity contribution in [1.82, 2.24) is 15.3 Å². The highest BCUT2D eigenvalue weighted by molar-refractivity contribution is 6.18. The first kappa shape index (κ1) is 19.8. The van der Waals surface area contributed by atoms with Crippen LogP contribution < -0.4 is 16.0 Å². The number of carbonyl (C=O) groups is 2. The third-order valence-electron chi connectivity index (χ3n) is 7.39. The summed E-state index contributed by atoms with van der Waals surface area (Å²) >= 11 is 0. The van der Waals surface area contributed by atoms with Crippen LogP contribution >= 0.6 is 0 Å². The molecule has 7 heteroatoms. The van der Waals surface area contributed by atoms with Crippen LogP contribution in [0.3, 0.4) is 0 Å². The number of nitrogens with one attached hydrogen (secondary N) is 2. The number of aromatic nitrogens is 2. The maximum atomic E-state index is 13.3. The van der Waals surface area contributed by atoms with Crippen molar-refractivity contribution >= 4 is 39.4 Å². The van der Waals surface area contributed by atoms with Crippen LogP contribution in [0.15, 0.2) is 60.8 Å². The summed E-state index contributed by atoms with van der Waals surface area (Å²) in [4.78, 5) is 35.7. The number of benzene rings is 2. The van der Waals surface area contributed by atoms with Gasteiger partial charge in [-0.1, -0.05) is 48.5 Å². The lowest BCUT2D eigenvalue weighted by Crippen LogP contribution is -2.50. The maximum Gasteiger partial charge on any atom is 0.252 e. The number of nitrogens with zero attached hydrogens (tertiary/aromatic N) is 2. The van der Waals surface area contributed by atoms with Gasteiger partial charge in [-0.15, -0.1) is 0 Å². The van der Waals surface area contributed by atoms with E-state index in [-0.39, 0.29) is 11.8 Å². The quantitative estimate of drug-likeness (QED) is 0.455. The molecule has 0 saturated carbocycles. The van der Waals surface area contributed by atoms with Crippen molar-refractivity contribution in [2.24, 2.45) is 11.1 Å². The second-order valence-corrected chi connectivity index (χ2v) is 9.13. The van der Waals surface area contributed by atoms with Gasteiger partial charge in [-0.2, -0.15) is 0 Å². The minimum atomic E-state index is -0.514. The molecule has 0 bridgehead atoms. The van der Waals surface area contributed by atoms with Crippen LogP contribution in [-0.4, -0.2) is 41.4 Å². The summed E-state index contributed by atoms with van der Waals surface area (Å²) in [7, 11) is 0. The lowest BCUT2D eigenvalue weighted by molar-refractivity contribution is -0.128. The summed E-state index contributed by atoms with van der Waals surface area (Å²) in [5.41, 5.74) is 8.33. The highest BCUT2D eigenvalue weighted by Crippen LogP contribution is 2.48. The molecule has 2 fully saturated rings. The van der Waals surface area contributed by atoms with Gasteiger partial charge in [0, 0.05) is 42.7 Å². The van der Waals surface area contributed by atoms with Crippen molar-refractivity contribution in [3.05, 3.63) is 71.9 Å². The lowest BCUT2D eigenvalue weighted by atomic mass is 9.69. The first-order valence-electron chi connectivity index (χ1n) is 11.4. The Hall–Kier alpha value is -3.87. The molecule has 2 aromatic heterocycles. The number of hydrogen-bond acceptors (Lipinski definition) is 4. The van der Waals surface area contributed by atoms with E-state index in [2.05, 4.69) is 27.3 Å². The van der Waals surface area contributed by atoms with E-state index in [0.29, 0.717) is 24.2 Å². The van der Waals surface area contributed by atoms with Crippen LogP contribution in [0.1, 0.15) is 34.7 Å². The van der Waals surface area contributed by atoms with Crippen LogP contribution in [0.25, 0.3) is 21.8 Å². The van der Waals surface area contributed by atoms with E-state index in [1.165, 1.54) is 5.56 Å².